The minimum atomic E-state index is -0.478. The molecule has 0 fully saturated rings. The summed E-state index contributed by atoms with van der Waals surface area (Å²) in [5.41, 5.74) is 5.03. The molecular weight excluding hydrogens is 336 g/mol. The van der Waals surface area contributed by atoms with Crippen LogP contribution in [0.1, 0.15) is 34.1 Å². The summed E-state index contributed by atoms with van der Waals surface area (Å²) in [6.07, 6.45) is -0.344. The molecule has 0 aliphatic heterocycles. The van der Waals surface area contributed by atoms with E-state index in [2.05, 4.69) is 21.5 Å². The van der Waals surface area contributed by atoms with Gasteiger partial charge in [0.2, 0.25) is 11.8 Å². The summed E-state index contributed by atoms with van der Waals surface area (Å²) in [6, 6.07) is 0.293. The first kappa shape index (κ1) is 21.3. The minimum absolute atomic E-state index is 0.147. The first-order valence-electron chi connectivity index (χ1n) is 7.20. The molecule has 2 amide bonds. The van der Waals surface area contributed by atoms with Crippen molar-refractivity contribution in [3.8, 4) is 0 Å². The third kappa shape index (κ3) is 9.84. The van der Waals surface area contributed by atoms with Crippen molar-refractivity contribution in [1.82, 2.24) is 31.5 Å². The maximum absolute atomic E-state index is 11.8. The SMILES string of the molecule is CC(C)NC(=S)N(C)NC(=O)CC(=O)NN(C)C(=S)NC(C)C. The van der Waals surface area contributed by atoms with Crippen LogP contribution in [0.3, 0.4) is 0 Å². The summed E-state index contributed by atoms with van der Waals surface area (Å²) in [5, 5.41) is 9.41. The Morgan fingerprint density at radius 3 is 1.39 bits per heavy atom. The molecule has 0 atom stereocenters. The zero-order valence-electron chi connectivity index (χ0n) is 14.4. The molecule has 0 aromatic carbocycles. The molecule has 0 heterocycles. The number of hydrogen-bond acceptors (Lipinski definition) is 4. The zero-order valence-corrected chi connectivity index (χ0v) is 16.0. The van der Waals surface area contributed by atoms with E-state index in [-0.39, 0.29) is 18.5 Å². The molecule has 0 aromatic heterocycles. The molecule has 0 spiro atoms. The Bertz CT molecular complexity index is 416. The monoisotopic (exact) mass is 362 g/mol. The predicted molar refractivity (Wildman–Crippen MR) is 98.2 cm³/mol. The Morgan fingerprint density at radius 2 is 1.13 bits per heavy atom. The van der Waals surface area contributed by atoms with E-state index >= 15 is 0 Å². The molecule has 8 nitrogen and oxygen atoms in total. The summed E-state index contributed by atoms with van der Waals surface area (Å²) in [7, 11) is 3.20. The number of nitrogens with zero attached hydrogens (tertiary/aromatic N) is 2. The van der Waals surface area contributed by atoms with Gasteiger partial charge in [-0.15, -0.1) is 0 Å². The molecule has 132 valence electrons. The first-order valence-corrected chi connectivity index (χ1v) is 8.02. The van der Waals surface area contributed by atoms with Crippen LogP contribution < -0.4 is 21.5 Å². The Kier molecular flexibility index (Phi) is 9.42. The number of carbonyl (C=O) groups excluding carboxylic acids is 2. The van der Waals surface area contributed by atoms with E-state index in [1.54, 1.807) is 14.1 Å². The van der Waals surface area contributed by atoms with Crippen LogP contribution in [0.5, 0.6) is 0 Å². The van der Waals surface area contributed by atoms with Gasteiger partial charge in [-0.2, -0.15) is 0 Å². The van der Waals surface area contributed by atoms with E-state index in [1.165, 1.54) is 10.0 Å². The summed E-state index contributed by atoms with van der Waals surface area (Å²) in [6.45, 7) is 7.72. The largest absolute Gasteiger partial charge is 0.359 e. The number of rotatable bonds is 4. The molecule has 0 rings (SSSR count). The van der Waals surface area contributed by atoms with Crippen LogP contribution in [0.25, 0.3) is 0 Å². The second-order valence-electron chi connectivity index (χ2n) is 5.57. The summed E-state index contributed by atoms with van der Waals surface area (Å²) in [5.74, 6) is -0.955. The number of hydrazine groups is 2. The van der Waals surface area contributed by atoms with Crippen molar-refractivity contribution in [2.75, 3.05) is 14.1 Å². The van der Waals surface area contributed by atoms with Crippen LogP contribution in [0.15, 0.2) is 0 Å². The summed E-state index contributed by atoms with van der Waals surface area (Å²) in [4.78, 5) is 23.6. The van der Waals surface area contributed by atoms with Crippen molar-refractivity contribution in [3.05, 3.63) is 0 Å². The molecule has 0 saturated carbocycles. The van der Waals surface area contributed by atoms with Gasteiger partial charge in [0.15, 0.2) is 10.2 Å². The van der Waals surface area contributed by atoms with Crippen molar-refractivity contribution >= 4 is 46.5 Å². The van der Waals surface area contributed by atoms with Gasteiger partial charge in [0.05, 0.1) is 0 Å². The van der Waals surface area contributed by atoms with Crippen LogP contribution in [0.2, 0.25) is 0 Å². The highest BCUT2D eigenvalue weighted by molar-refractivity contribution is 7.80. The van der Waals surface area contributed by atoms with Gasteiger partial charge in [0.25, 0.3) is 0 Å². The van der Waals surface area contributed by atoms with E-state index in [9.17, 15) is 9.59 Å². The van der Waals surface area contributed by atoms with Crippen LogP contribution in [-0.4, -0.2) is 58.2 Å². The third-order valence-electron chi connectivity index (χ3n) is 2.34. The molecule has 0 aliphatic rings. The average molecular weight is 363 g/mol. The van der Waals surface area contributed by atoms with E-state index in [1.807, 2.05) is 27.7 Å². The lowest BCUT2D eigenvalue weighted by molar-refractivity contribution is -0.132. The fourth-order valence-corrected chi connectivity index (χ4v) is 1.95. The standard InChI is InChI=1S/C13H26N6O2S2/c1-8(2)14-12(22)18(5)16-10(20)7-11(21)17-19(6)13(23)15-9(3)4/h8-9H,7H2,1-6H3,(H,14,22)(H,15,23)(H,16,20)(H,17,21). The van der Waals surface area contributed by atoms with Gasteiger partial charge in [-0.05, 0) is 52.1 Å². The van der Waals surface area contributed by atoms with Crippen molar-refractivity contribution in [2.45, 2.75) is 46.2 Å². The fraction of sp³-hybridized carbons (Fsp3) is 0.692. The topological polar surface area (TPSA) is 88.7 Å². The highest BCUT2D eigenvalue weighted by atomic mass is 32.1. The molecule has 0 aliphatic carbocycles. The van der Waals surface area contributed by atoms with E-state index < -0.39 is 11.8 Å². The van der Waals surface area contributed by atoms with Gasteiger partial charge < -0.3 is 10.6 Å². The van der Waals surface area contributed by atoms with Gasteiger partial charge in [-0.3, -0.25) is 30.5 Å². The van der Waals surface area contributed by atoms with E-state index in [4.69, 9.17) is 24.4 Å². The van der Waals surface area contributed by atoms with Gasteiger partial charge in [-0.1, -0.05) is 0 Å². The second kappa shape index (κ2) is 10.2. The van der Waals surface area contributed by atoms with Crippen molar-refractivity contribution in [2.24, 2.45) is 0 Å². The fourth-order valence-electron chi connectivity index (χ4n) is 1.39. The smallest absolute Gasteiger partial charge is 0.248 e. The number of hydrogen-bond donors (Lipinski definition) is 4. The van der Waals surface area contributed by atoms with Gasteiger partial charge in [-0.25, -0.2) is 0 Å². The van der Waals surface area contributed by atoms with Gasteiger partial charge in [0.1, 0.15) is 6.42 Å². The average Bonchev–Trinajstić information content (AvgIpc) is 2.36. The van der Waals surface area contributed by atoms with Crippen LogP contribution in [-0.2, 0) is 9.59 Å². The highest BCUT2D eigenvalue weighted by Gasteiger charge is 2.15. The second-order valence-corrected chi connectivity index (χ2v) is 6.35. The Labute approximate surface area is 148 Å². The van der Waals surface area contributed by atoms with E-state index in [0.29, 0.717) is 10.2 Å². The lowest BCUT2D eigenvalue weighted by Crippen LogP contribution is -2.52. The summed E-state index contributed by atoms with van der Waals surface area (Å²) >= 11 is 10.2. The maximum atomic E-state index is 11.8. The van der Waals surface area contributed by atoms with Crippen LogP contribution in [0, 0.1) is 0 Å². The van der Waals surface area contributed by atoms with E-state index in [0.717, 1.165) is 0 Å². The molecule has 4 N–H and O–H groups in total. The van der Waals surface area contributed by atoms with Crippen LogP contribution >= 0.6 is 24.4 Å². The zero-order chi connectivity index (χ0) is 18.2. The normalized spacial score (nSPS) is 10.1. The lowest BCUT2D eigenvalue weighted by atomic mass is 10.4. The van der Waals surface area contributed by atoms with Gasteiger partial charge in [0, 0.05) is 26.2 Å². The Hall–Kier alpha value is -1.68. The van der Waals surface area contributed by atoms with Crippen molar-refractivity contribution in [3.63, 3.8) is 0 Å². The van der Waals surface area contributed by atoms with Crippen molar-refractivity contribution < 1.29 is 9.59 Å². The van der Waals surface area contributed by atoms with Gasteiger partial charge >= 0.3 is 0 Å². The third-order valence-corrected chi connectivity index (χ3v) is 3.12. The molecule has 0 unspecified atom stereocenters. The molecule has 0 radical (unpaired) electrons. The first-order chi connectivity index (χ1) is 10.5. The van der Waals surface area contributed by atoms with Crippen molar-refractivity contribution in [1.29, 1.82) is 0 Å². The molecular formula is C13H26N6O2S2. The van der Waals surface area contributed by atoms with Crippen LogP contribution in [0.4, 0.5) is 0 Å². The molecule has 0 saturated heterocycles. The number of thiocarbonyl (C=S) groups is 2. The Morgan fingerprint density at radius 1 is 0.826 bits per heavy atom. The molecule has 0 bridgehead atoms. The Balaban J connectivity index is 4.27. The summed E-state index contributed by atoms with van der Waals surface area (Å²) < 4.78 is 0. The quantitative estimate of drug-likeness (QED) is 0.312. The minimum Gasteiger partial charge on any atom is -0.359 e. The lowest BCUT2D eigenvalue weighted by Gasteiger charge is -2.24. The number of nitrogens with one attached hydrogen (secondary N) is 4. The maximum Gasteiger partial charge on any atom is 0.248 e. The molecule has 0 aromatic rings. The number of amides is 2. The predicted octanol–water partition coefficient (Wildman–Crippen LogP) is -0.132. The number of carbonyl (C=O) groups is 2. The molecule has 23 heavy (non-hydrogen) atoms. The molecule has 10 heteroatoms. The highest BCUT2D eigenvalue weighted by Crippen LogP contribution is 1.89.